The first-order valence-electron chi connectivity index (χ1n) is 10.8. The third-order valence-corrected chi connectivity index (χ3v) is 7.73. The van der Waals surface area contributed by atoms with Crippen molar-refractivity contribution in [3.05, 3.63) is 66.9 Å². The second-order valence-corrected chi connectivity index (χ2v) is 11.5. The molecule has 4 rings (SSSR count). The van der Waals surface area contributed by atoms with Crippen LogP contribution in [0.15, 0.2) is 71.8 Å². The van der Waals surface area contributed by atoms with Gasteiger partial charge in [-0.3, -0.25) is 13.8 Å². The van der Waals surface area contributed by atoms with Gasteiger partial charge in [-0.15, -0.1) is 0 Å². The molecule has 0 aliphatic carbocycles. The highest BCUT2D eigenvalue weighted by Gasteiger charge is 2.22. The molecule has 2 aromatic carbocycles. The molecule has 0 saturated heterocycles. The molecule has 1 aliphatic heterocycles. The Morgan fingerprint density at radius 3 is 2.44 bits per heavy atom. The number of hydrogen-bond acceptors (Lipinski definition) is 8. The lowest BCUT2D eigenvalue weighted by atomic mass is 10.2. The molecule has 0 saturated carbocycles. The van der Waals surface area contributed by atoms with Gasteiger partial charge in [-0.25, -0.2) is 21.8 Å². The molecule has 0 bridgehead atoms. The first-order chi connectivity index (χ1) is 17.1. The lowest BCUT2D eigenvalue weighted by Crippen LogP contribution is -2.31. The van der Waals surface area contributed by atoms with Crippen molar-refractivity contribution in [1.29, 1.82) is 0 Å². The number of sulfonamides is 2. The van der Waals surface area contributed by atoms with E-state index in [1.807, 2.05) is 0 Å². The topological polar surface area (TPSA) is 144 Å². The number of nitrogens with one attached hydrogen (secondary N) is 2. The highest BCUT2D eigenvalue weighted by molar-refractivity contribution is 7.92. The number of amides is 1. The van der Waals surface area contributed by atoms with E-state index >= 15 is 0 Å². The monoisotopic (exact) mass is 532 g/mol. The summed E-state index contributed by atoms with van der Waals surface area (Å²) in [6.07, 6.45) is 2.88. The van der Waals surface area contributed by atoms with E-state index in [0.717, 1.165) is 6.26 Å². The predicted molar refractivity (Wildman–Crippen MR) is 134 cm³/mol. The lowest BCUT2D eigenvalue weighted by Gasteiger charge is -2.22. The number of benzene rings is 2. The van der Waals surface area contributed by atoms with Crippen molar-refractivity contribution in [1.82, 2.24) is 4.98 Å². The van der Waals surface area contributed by atoms with Gasteiger partial charge in [-0.1, -0.05) is 6.07 Å². The van der Waals surface area contributed by atoms with Crippen molar-refractivity contribution < 1.29 is 31.1 Å². The van der Waals surface area contributed by atoms with Crippen LogP contribution in [0.1, 0.15) is 12.8 Å². The molecule has 3 aromatic rings. The van der Waals surface area contributed by atoms with E-state index in [1.54, 1.807) is 30.3 Å². The van der Waals surface area contributed by atoms with Crippen molar-refractivity contribution in [2.24, 2.45) is 0 Å². The summed E-state index contributed by atoms with van der Waals surface area (Å²) in [5, 5.41) is 2.69. The Kier molecular flexibility index (Phi) is 7.31. The Bertz CT molecular complexity index is 1450. The zero-order valence-corrected chi connectivity index (χ0v) is 20.9. The van der Waals surface area contributed by atoms with Crippen LogP contribution in [-0.2, 0) is 24.8 Å². The highest BCUT2D eigenvalue weighted by atomic mass is 32.2. The molecule has 0 atom stereocenters. The van der Waals surface area contributed by atoms with E-state index in [4.69, 9.17) is 9.47 Å². The number of nitrogens with zero attached hydrogens (tertiary/aromatic N) is 2. The van der Waals surface area contributed by atoms with Gasteiger partial charge in [0.05, 0.1) is 16.8 Å². The smallest absolute Gasteiger partial charge is 0.263 e. The maximum absolute atomic E-state index is 12.5. The van der Waals surface area contributed by atoms with Crippen LogP contribution >= 0.6 is 0 Å². The lowest BCUT2D eigenvalue weighted by molar-refractivity contribution is -0.116. The van der Waals surface area contributed by atoms with Gasteiger partial charge in [0.15, 0.2) is 11.5 Å². The van der Waals surface area contributed by atoms with Gasteiger partial charge >= 0.3 is 0 Å². The van der Waals surface area contributed by atoms with E-state index in [9.17, 15) is 21.6 Å². The zero-order chi connectivity index (χ0) is 25.8. The Morgan fingerprint density at radius 1 is 1.00 bits per heavy atom. The van der Waals surface area contributed by atoms with Crippen LogP contribution in [0.2, 0.25) is 0 Å². The van der Waals surface area contributed by atoms with Gasteiger partial charge in [0.2, 0.25) is 22.7 Å². The molecule has 2 N–H and O–H groups in total. The molecule has 0 radical (unpaired) electrons. The van der Waals surface area contributed by atoms with Crippen molar-refractivity contribution in [2.75, 3.05) is 33.9 Å². The largest absolute Gasteiger partial charge is 0.454 e. The summed E-state index contributed by atoms with van der Waals surface area (Å²) in [6.45, 7) is 0.160. The molecule has 36 heavy (non-hydrogen) atoms. The summed E-state index contributed by atoms with van der Waals surface area (Å²) in [4.78, 5) is 16.4. The van der Waals surface area contributed by atoms with Gasteiger partial charge in [-0.05, 0) is 55.0 Å². The van der Waals surface area contributed by atoms with Crippen molar-refractivity contribution in [2.45, 2.75) is 17.7 Å². The average molecular weight is 533 g/mol. The number of fused-ring (bicyclic) bond motifs is 1. The fourth-order valence-electron chi connectivity index (χ4n) is 3.47. The van der Waals surface area contributed by atoms with Crippen LogP contribution in [0.5, 0.6) is 11.5 Å². The van der Waals surface area contributed by atoms with Gasteiger partial charge in [-0.2, -0.15) is 0 Å². The van der Waals surface area contributed by atoms with E-state index in [-0.39, 0.29) is 42.8 Å². The predicted octanol–water partition coefficient (Wildman–Crippen LogP) is 2.80. The summed E-state index contributed by atoms with van der Waals surface area (Å²) >= 11 is 0. The maximum atomic E-state index is 12.5. The van der Waals surface area contributed by atoms with E-state index in [0.29, 0.717) is 22.9 Å². The van der Waals surface area contributed by atoms with Crippen LogP contribution in [0, 0.1) is 0 Å². The molecular weight excluding hydrogens is 508 g/mol. The molecule has 11 nitrogen and oxygen atoms in total. The Morgan fingerprint density at radius 2 is 1.75 bits per heavy atom. The first kappa shape index (κ1) is 25.3. The number of ether oxygens (including phenoxy) is 2. The fraction of sp³-hybridized carbons (Fsp3) is 0.217. The van der Waals surface area contributed by atoms with Crippen LogP contribution in [0.4, 0.5) is 17.2 Å². The second-order valence-electron chi connectivity index (χ2n) is 7.87. The average Bonchev–Trinajstić information content (AvgIpc) is 3.30. The number of rotatable bonds is 10. The van der Waals surface area contributed by atoms with Crippen molar-refractivity contribution in [3.8, 4) is 11.5 Å². The SMILES string of the molecule is CS(=O)(=O)N(CCCC(=O)Nc1ccc(S(=O)(=O)Nc2ccccn2)cc1)c1ccc2c(c1)OCO2. The Hall–Kier alpha value is -3.84. The number of hydrogen-bond donors (Lipinski definition) is 2. The summed E-state index contributed by atoms with van der Waals surface area (Å²) in [6, 6.07) is 15.4. The van der Waals surface area contributed by atoms with Crippen LogP contribution in [0.3, 0.4) is 0 Å². The van der Waals surface area contributed by atoms with Gasteiger partial charge < -0.3 is 14.8 Å². The molecule has 0 fully saturated rings. The molecule has 2 heterocycles. The Labute approximate surface area is 209 Å². The van der Waals surface area contributed by atoms with E-state index < -0.39 is 20.0 Å². The highest BCUT2D eigenvalue weighted by Crippen LogP contribution is 2.36. The number of anilines is 3. The summed E-state index contributed by atoms with van der Waals surface area (Å²) in [5.74, 6) is 0.854. The quantitative estimate of drug-likeness (QED) is 0.406. The number of aromatic nitrogens is 1. The summed E-state index contributed by atoms with van der Waals surface area (Å²) in [7, 11) is -7.43. The van der Waals surface area contributed by atoms with Crippen molar-refractivity contribution >= 4 is 43.1 Å². The third kappa shape index (κ3) is 6.23. The number of carbonyl (C=O) groups excluding carboxylic acids is 1. The minimum Gasteiger partial charge on any atom is -0.454 e. The van der Waals surface area contributed by atoms with Crippen LogP contribution in [0.25, 0.3) is 0 Å². The minimum atomic E-state index is -3.83. The molecule has 190 valence electrons. The van der Waals surface area contributed by atoms with Gasteiger partial charge in [0, 0.05) is 30.9 Å². The van der Waals surface area contributed by atoms with Gasteiger partial charge in [0.25, 0.3) is 10.0 Å². The maximum Gasteiger partial charge on any atom is 0.263 e. The summed E-state index contributed by atoms with van der Waals surface area (Å²) < 4.78 is 63.8. The molecule has 1 amide bonds. The van der Waals surface area contributed by atoms with E-state index in [2.05, 4.69) is 15.0 Å². The standard InChI is InChI=1S/C23H24N4O7S2/c1-35(29,30)27(18-9-12-20-21(15-18)34-16-33-20)14-4-6-23(28)25-17-7-10-19(11-8-17)36(31,32)26-22-5-2-3-13-24-22/h2-3,5,7-13,15H,4,6,14,16H2,1H3,(H,24,26)(H,25,28). The molecule has 0 spiro atoms. The van der Waals surface area contributed by atoms with Gasteiger partial charge in [0.1, 0.15) is 5.82 Å². The third-order valence-electron chi connectivity index (χ3n) is 5.16. The number of pyridine rings is 1. The molecular formula is C23H24N4O7S2. The van der Waals surface area contributed by atoms with Crippen molar-refractivity contribution in [3.63, 3.8) is 0 Å². The van der Waals surface area contributed by atoms with Crippen LogP contribution < -0.4 is 23.8 Å². The zero-order valence-electron chi connectivity index (χ0n) is 19.2. The first-order valence-corrected chi connectivity index (χ1v) is 14.2. The normalized spacial score (nSPS) is 12.7. The van der Waals surface area contributed by atoms with Crippen LogP contribution in [-0.4, -0.2) is 47.3 Å². The minimum absolute atomic E-state index is 0.0127. The number of carbonyl (C=O) groups is 1. The molecule has 1 aliphatic rings. The Balaban J connectivity index is 1.33. The van der Waals surface area contributed by atoms with E-state index in [1.165, 1.54) is 40.8 Å². The molecule has 13 heteroatoms. The fourth-order valence-corrected chi connectivity index (χ4v) is 5.44. The molecule has 0 unspecified atom stereocenters. The molecule has 1 aromatic heterocycles. The second kappa shape index (κ2) is 10.4. The summed E-state index contributed by atoms with van der Waals surface area (Å²) in [5.41, 5.74) is 0.825.